The van der Waals surface area contributed by atoms with E-state index in [1.165, 1.54) is 0 Å². The van der Waals surface area contributed by atoms with Crippen molar-refractivity contribution >= 4 is 10.2 Å². The van der Waals surface area contributed by atoms with Crippen LogP contribution in [0.1, 0.15) is 32.6 Å². The van der Waals surface area contributed by atoms with Crippen molar-refractivity contribution in [1.29, 1.82) is 0 Å². The number of nitrogens with zero attached hydrogens (tertiary/aromatic N) is 2. The minimum atomic E-state index is -3.33. The van der Waals surface area contributed by atoms with Gasteiger partial charge >= 0.3 is 0 Å². The molecule has 0 bridgehead atoms. The lowest BCUT2D eigenvalue weighted by Crippen LogP contribution is -2.52. The first kappa shape index (κ1) is 17.1. The van der Waals surface area contributed by atoms with Gasteiger partial charge in [-0.1, -0.05) is 0 Å². The second-order valence-corrected chi connectivity index (χ2v) is 7.94. The molecule has 0 amide bonds. The van der Waals surface area contributed by atoms with E-state index in [4.69, 9.17) is 4.74 Å². The van der Waals surface area contributed by atoms with E-state index in [0.717, 1.165) is 32.2 Å². The van der Waals surface area contributed by atoms with Crippen LogP contribution in [0.25, 0.3) is 0 Å². The zero-order chi connectivity index (χ0) is 15.3. The molecular formula is C14H29N3O3S. The fraction of sp³-hybridized carbons (Fsp3) is 1.00. The van der Waals surface area contributed by atoms with E-state index in [0.29, 0.717) is 38.7 Å². The molecule has 124 valence electrons. The zero-order valence-electron chi connectivity index (χ0n) is 13.3. The van der Waals surface area contributed by atoms with Gasteiger partial charge in [0, 0.05) is 32.8 Å². The van der Waals surface area contributed by atoms with Crippen molar-refractivity contribution in [3.63, 3.8) is 0 Å². The lowest BCUT2D eigenvalue weighted by atomic mass is 10.00. The van der Waals surface area contributed by atoms with E-state index < -0.39 is 10.2 Å². The molecule has 6 nitrogen and oxygen atoms in total. The average molecular weight is 319 g/mol. The van der Waals surface area contributed by atoms with Crippen LogP contribution < -0.4 is 5.32 Å². The van der Waals surface area contributed by atoms with Crippen molar-refractivity contribution in [2.45, 2.75) is 38.7 Å². The Kier molecular flexibility index (Phi) is 6.43. The summed E-state index contributed by atoms with van der Waals surface area (Å²) in [5.41, 5.74) is 0. The van der Waals surface area contributed by atoms with E-state index in [1.807, 2.05) is 14.0 Å². The molecule has 0 aliphatic carbocycles. The van der Waals surface area contributed by atoms with Crippen LogP contribution in [0.4, 0.5) is 0 Å². The van der Waals surface area contributed by atoms with Crippen LogP contribution in [-0.2, 0) is 14.9 Å². The minimum Gasteiger partial charge on any atom is -0.377 e. The quantitative estimate of drug-likeness (QED) is 0.781. The van der Waals surface area contributed by atoms with Crippen LogP contribution in [0.2, 0.25) is 0 Å². The monoisotopic (exact) mass is 319 g/mol. The first-order chi connectivity index (χ1) is 10.1. The maximum absolute atomic E-state index is 12.8. The Morgan fingerprint density at radius 3 is 2.48 bits per heavy atom. The number of hydrogen-bond acceptors (Lipinski definition) is 4. The Bertz CT molecular complexity index is 380. The molecule has 2 fully saturated rings. The first-order valence-corrected chi connectivity index (χ1v) is 9.49. The number of nitrogens with one attached hydrogen (secondary N) is 1. The highest BCUT2D eigenvalue weighted by atomic mass is 32.2. The number of rotatable bonds is 6. The lowest BCUT2D eigenvalue weighted by Gasteiger charge is -2.38. The van der Waals surface area contributed by atoms with Gasteiger partial charge in [-0.15, -0.1) is 0 Å². The smallest absolute Gasteiger partial charge is 0.282 e. The first-order valence-electron chi connectivity index (χ1n) is 8.09. The van der Waals surface area contributed by atoms with Crippen molar-refractivity contribution < 1.29 is 13.2 Å². The fourth-order valence-corrected chi connectivity index (χ4v) is 5.14. The maximum atomic E-state index is 12.8. The predicted molar refractivity (Wildman–Crippen MR) is 83.4 cm³/mol. The normalized spacial score (nSPS) is 29.6. The maximum Gasteiger partial charge on any atom is 0.282 e. The molecule has 0 aromatic rings. The molecule has 0 aromatic heterocycles. The number of piperidine rings is 2. The Balaban J connectivity index is 1.99. The van der Waals surface area contributed by atoms with Crippen LogP contribution in [0, 0.1) is 5.92 Å². The van der Waals surface area contributed by atoms with E-state index in [1.54, 1.807) is 8.61 Å². The summed E-state index contributed by atoms with van der Waals surface area (Å²) in [7, 11) is -1.41. The summed E-state index contributed by atoms with van der Waals surface area (Å²) >= 11 is 0. The lowest BCUT2D eigenvalue weighted by molar-refractivity contribution is 0.0247. The average Bonchev–Trinajstić information content (AvgIpc) is 2.48. The van der Waals surface area contributed by atoms with E-state index >= 15 is 0 Å². The van der Waals surface area contributed by atoms with Crippen molar-refractivity contribution in [2.24, 2.45) is 5.92 Å². The third-order valence-corrected chi connectivity index (χ3v) is 6.34. The molecule has 1 N–H and O–H groups in total. The second kappa shape index (κ2) is 7.87. The van der Waals surface area contributed by atoms with Gasteiger partial charge in [-0.05, 0) is 52.1 Å². The van der Waals surface area contributed by atoms with Gasteiger partial charge in [0.2, 0.25) is 0 Å². The van der Waals surface area contributed by atoms with E-state index in [-0.39, 0.29) is 6.10 Å². The fourth-order valence-electron chi connectivity index (χ4n) is 3.34. The second-order valence-electron chi connectivity index (χ2n) is 6.01. The van der Waals surface area contributed by atoms with Crippen LogP contribution in [0.5, 0.6) is 0 Å². The predicted octanol–water partition coefficient (Wildman–Crippen LogP) is 0.664. The summed E-state index contributed by atoms with van der Waals surface area (Å²) in [6.07, 6.45) is 3.96. The van der Waals surface area contributed by atoms with Gasteiger partial charge in [0.05, 0.1) is 6.10 Å². The number of hydrogen-bond donors (Lipinski definition) is 1. The van der Waals surface area contributed by atoms with Crippen molar-refractivity contribution in [2.75, 3.05) is 46.4 Å². The van der Waals surface area contributed by atoms with Gasteiger partial charge in [-0.3, -0.25) is 0 Å². The standard InChI is InChI=1S/C14H29N3O3S/c1-3-20-14-7-5-9-17(12-14)21(18,19)16-8-4-6-13(11-16)10-15-2/h13-15H,3-12H2,1-2H3. The summed E-state index contributed by atoms with van der Waals surface area (Å²) in [5.74, 6) is 0.422. The van der Waals surface area contributed by atoms with Crippen molar-refractivity contribution in [1.82, 2.24) is 13.9 Å². The Morgan fingerprint density at radius 1 is 1.14 bits per heavy atom. The highest BCUT2D eigenvalue weighted by molar-refractivity contribution is 7.86. The topological polar surface area (TPSA) is 61.9 Å². The summed E-state index contributed by atoms with van der Waals surface area (Å²) in [6.45, 7) is 5.90. The molecule has 7 heteroatoms. The third-order valence-electron chi connectivity index (χ3n) is 4.37. The molecule has 2 heterocycles. The minimum absolute atomic E-state index is 0.0522. The molecule has 0 spiro atoms. The zero-order valence-corrected chi connectivity index (χ0v) is 14.1. The molecule has 0 radical (unpaired) electrons. The molecule has 2 aliphatic heterocycles. The molecule has 2 aliphatic rings. The molecule has 2 saturated heterocycles. The summed E-state index contributed by atoms with van der Waals surface area (Å²) < 4.78 is 34.5. The van der Waals surface area contributed by atoms with Gasteiger partial charge in [0.25, 0.3) is 10.2 Å². The Hall–Kier alpha value is -0.210. The molecule has 21 heavy (non-hydrogen) atoms. The van der Waals surface area contributed by atoms with Gasteiger partial charge in [0.15, 0.2) is 0 Å². The van der Waals surface area contributed by atoms with Crippen LogP contribution in [0.3, 0.4) is 0 Å². The molecule has 2 atom stereocenters. The Labute approximate surface area is 129 Å². The third kappa shape index (κ3) is 4.39. The van der Waals surface area contributed by atoms with Gasteiger partial charge in [-0.2, -0.15) is 17.0 Å². The van der Waals surface area contributed by atoms with Gasteiger partial charge in [-0.25, -0.2) is 0 Å². The van der Waals surface area contributed by atoms with Gasteiger partial charge in [0.1, 0.15) is 0 Å². The molecule has 0 aromatic carbocycles. The number of ether oxygens (including phenoxy) is 1. The van der Waals surface area contributed by atoms with Crippen molar-refractivity contribution in [3.8, 4) is 0 Å². The van der Waals surface area contributed by atoms with E-state index in [9.17, 15) is 8.42 Å². The van der Waals surface area contributed by atoms with E-state index in [2.05, 4.69) is 5.32 Å². The highest BCUT2D eigenvalue weighted by Crippen LogP contribution is 2.24. The van der Waals surface area contributed by atoms with Crippen LogP contribution in [0.15, 0.2) is 0 Å². The molecule has 2 unspecified atom stereocenters. The summed E-state index contributed by atoms with van der Waals surface area (Å²) in [6, 6.07) is 0. The molecular weight excluding hydrogens is 290 g/mol. The largest absolute Gasteiger partial charge is 0.377 e. The summed E-state index contributed by atoms with van der Waals surface area (Å²) in [4.78, 5) is 0. The van der Waals surface area contributed by atoms with Crippen molar-refractivity contribution in [3.05, 3.63) is 0 Å². The highest BCUT2D eigenvalue weighted by Gasteiger charge is 2.36. The SMILES string of the molecule is CCOC1CCCN(S(=O)(=O)N2CCCC(CNC)C2)C1. The van der Waals surface area contributed by atoms with Gasteiger partial charge < -0.3 is 10.1 Å². The van der Waals surface area contributed by atoms with Crippen LogP contribution in [-0.4, -0.2) is 69.5 Å². The van der Waals surface area contributed by atoms with Crippen LogP contribution >= 0.6 is 0 Å². The Morgan fingerprint density at radius 2 is 1.81 bits per heavy atom. The summed E-state index contributed by atoms with van der Waals surface area (Å²) in [5, 5.41) is 3.16. The molecule has 0 saturated carbocycles. The molecule has 2 rings (SSSR count).